The van der Waals surface area contributed by atoms with Gasteiger partial charge >= 0.3 is 0 Å². The van der Waals surface area contributed by atoms with Gasteiger partial charge < -0.3 is 10.5 Å². The van der Waals surface area contributed by atoms with Gasteiger partial charge in [-0.2, -0.15) is 0 Å². The molecule has 106 valence electrons. The molecule has 20 heavy (non-hydrogen) atoms. The third-order valence-corrected chi connectivity index (χ3v) is 2.80. The SMILES string of the molecule is CC(N)C(=O)c1ccc(OCc2ccccc2)cc1.Cl. The number of nitrogens with two attached hydrogens (primary N) is 1. The van der Waals surface area contributed by atoms with Crippen LogP contribution in [0.15, 0.2) is 54.6 Å². The lowest BCUT2D eigenvalue weighted by Crippen LogP contribution is -2.26. The third kappa shape index (κ3) is 4.37. The van der Waals surface area contributed by atoms with Crippen molar-refractivity contribution in [3.8, 4) is 5.75 Å². The first-order valence-electron chi connectivity index (χ1n) is 6.23. The second kappa shape index (κ2) is 7.68. The van der Waals surface area contributed by atoms with E-state index in [-0.39, 0.29) is 18.2 Å². The molecule has 1 atom stereocenters. The molecule has 0 aliphatic heterocycles. The summed E-state index contributed by atoms with van der Waals surface area (Å²) in [4.78, 5) is 11.7. The molecule has 0 radical (unpaired) electrons. The summed E-state index contributed by atoms with van der Waals surface area (Å²) in [5.74, 6) is 0.680. The maximum atomic E-state index is 11.7. The molecule has 3 nitrogen and oxygen atoms in total. The van der Waals surface area contributed by atoms with Crippen LogP contribution < -0.4 is 10.5 Å². The van der Waals surface area contributed by atoms with E-state index in [4.69, 9.17) is 10.5 Å². The fourth-order valence-corrected chi connectivity index (χ4v) is 1.72. The van der Waals surface area contributed by atoms with Crippen molar-refractivity contribution in [3.63, 3.8) is 0 Å². The Bertz CT molecular complexity index is 538. The highest BCUT2D eigenvalue weighted by molar-refractivity contribution is 5.99. The van der Waals surface area contributed by atoms with Crippen LogP contribution in [-0.2, 0) is 6.61 Å². The molecule has 0 fully saturated rings. The summed E-state index contributed by atoms with van der Waals surface area (Å²) >= 11 is 0. The Kier molecular flexibility index (Phi) is 6.22. The Morgan fingerprint density at radius 1 is 1.10 bits per heavy atom. The largest absolute Gasteiger partial charge is 0.489 e. The molecule has 0 amide bonds. The highest BCUT2D eigenvalue weighted by Gasteiger charge is 2.10. The van der Waals surface area contributed by atoms with Crippen LogP contribution in [0.2, 0.25) is 0 Å². The highest BCUT2D eigenvalue weighted by Crippen LogP contribution is 2.15. The van der Waals surface area contributed by atoms with Gasteiger partial charge in [0.1, 0.15) is 12.4 Å². The zero-order valence-electron chi connectivity index (χ0n) is 11.3. The van der Waals surface area contributed by atoms with Gasteiger partial charge in [0.25, 0.3) is 0 Å². The number of carbonyl (C=O) groups excluding carboxylic acids is 1. The van der Waals surface area contributed by atoms with Gasteiger partial charge in [-0.3, -0.25) is 4.79 Å². The zero-order chi connectivity index (χ0) is 13.7. The Hall–Kier alpha value is -1.84. The number of benzene rings is 2. The lowest BCUT2D eigenvalue weighted by molar-refractivity contribution is 0.0968. The predicted octanol–water partition coefficient (Wildman–Crippen LogP) is 3.22. The quantitative estimate of drug-likeness (QED) is 0.861. The molecule has 1 unspecified atom stereocenters. The van der Waals surface area contributed by atoms with Gasteiger partial charge in [-0.05, 0) is 36.8 Å². The fourth-order valence-electron chi connectivity index (χ4n) is 1.72. The number of ketones is 1. The van der Waals surface area contributed by atoms with E-state index >= 15 is 0 Å². The second-order valence-electron chi connectivity index (χ2n) is 4.45. The van der Waals surface area contributed by atoms with Crippen LogP contribution in [0.4, 0.5) is 0 Å². The maximum Gasteiger partial charge on any atom is 0.179 e. The Morgan fingerprint density at radius 3 is 2.25 bits per heavy atom. The second-order valence-corrected chi connectivity index (χ2v) is 4.45. The molecular formula is C16H18ClNO2. The molecule has 2 rings (SSSR count). The van der Waals surface area contributed by atoms with Crippen molar-refractivity contribution >= 4 is 18.2 Å². The third-order valence-electron chi connectivity index (χ3n) is 2.80. The van der Waals surface area contributed by atoms with Crippen LogP contribution >= 0.6 is 12.4 Å². The first-order valence-corrected chi connectivity index (χ1v) is 6.23. The first kappa shape index (κ1) is 16.2. The number of carbonyl (C=O) groups is 1. The van der Waals surface area contributed by atoms with Crippen molar-refractivity contribution in [3.05, 3.63) is 65.7 Å². The van der Waals surface area contributed by atoms with E-state index in [2.05, 4.69) is 0 Å². The molecule has 4 heteroatoms. The standard InChI is InChI=1S/C16H17NO2.ClH/c1-12(17)16(18)14-7-9-15(10-8-14)19-11-13-5-3-2-4-6-13;/h2-10,12H,11,17H2,1H3;1H. The Balaban J connectivity index is 0.00000200. The van der Waals surface area contributed by atoms with Gasteiger partial charge in [0.05, 0.1) is 6.04 Å². The summed E-state index contributed by atoms with van der Waals surface area (Å²) in [6.45, 7) is 2.20. The summed E-state index contributed by atoms with van der Waals surface area (Å²) in [6.07, 6.45) is 0. The molecule has 2 N–H and O–H groups in total. The minimum atomic E-state index is -0.476. The number of halogens is 1. The minimum absolute atomic E-state index is 0. The van der Waals surface area contributed by atoms with E-state index in [1.165, 1.54) is 0 Å². The number of hydrogen-bond donors (Lipinski definition) is 1. The highest BCUT2D eigenvalue weighted by atomic mass is 35.5. The van der Waals surface area contributed by atoms with Crippen molar-refractivity contribution in [2.75, 3.05) is 0 Å². The van der Waals surface area contributed by atoms with Crippen LogP contribution in [0.3, 0.4) is 0 Å². The summed E-state index contributed by atoms with van der Waals surface area (Å²) in [5.41, 5.74) is 7.28. The van der Waals surface area contributed by atoms with Crippen LogP contribution in [-0.4, -0.2) is 11.8 Å². The van der Waals surface area contributed by atoms with Gasteiger partial charge in [0, 0.05) is 5.56 Å². The molecule has 0 heterocycles. The van der Waals surface area contributed by atoms with E-state index < -0.39 is 6.04 Å². The van der Waals surface area contributed by atoms with Crippen molar-refractivity contribution in [2.45, 2.75) is 19.6 Å². The van der Waals surface area contributed by atoms with Crippen LogP contribution in [0.5, 0.6) is 5.75 Å². The lowest BCUT2D eigenvalue weighted by Gasteiger charge is -2.08. The molecule has 0 bridgehead atoms. The number of hydrogen-bond acceptors (Lipinski definition) is 3. The van der Waals surface area contributed by atoms with Gasteiger partial charge in [-0.15, -0.1) is 12.4 Å². The van der Waals surface area contributed by atoms with Crippen LogP contribution in [0, 0.1) is 0 Å². The van der Waals surface area contributed by atoms with Gasteiger partial charge in [-0.25, -0.2) is 0 Å². The molecule has 0 aliphatic rings. The monoisotopic (exact) mass is 291 g/mol. The molecule has 0 aliphatic carbocycles. The van der Waals surface area contributed by atoms with E-state index in [0.717, 1.165) is 11.3 Å². The van der Waals surface area contributed by atoms with Crippen LogP contribution in [0.1, 0.15) is 22.8 Å². The van der Waals surface area contributed by atoms with Crippen molar-refractivity contribution in [2.24, 2.45) is 5.73 Å². The predicted molar refractivity (Wildman–Crippen MR) is 82.4 cm³/mol. The van der Waals surface area contributed by atoms with E-state index in [0.29, 0.717) is 12.2 Å². The lowest BCUT2D eigenvalue weighted by atomic mass is 10.1. The van der Waals surface area contributed by atoms with Crippen LogP contribution in [0.25, 0.3) is 0 Å². The van der Waals surface area contributed by atoms with Gasteiger partial charge in [-0.1, -0.05) is 30.3 Å². The van der Waals surface area contributed by atoms with Gasteiger partial charge in [0.2, 0.25) is 0 Å². The summed E-state index contributed by atoms with van der Waals surface area (Å²) < 4.78 is 5.64. The zero-order valence-corrected chi connectivity index (χ0v) is 12.1. The maximum absolute atomic E-state index is 11.7. The van der Waals surface area contributed by atoms with Crippen molar-refractivity contribution < 1.29 is 9.53 Å². The first-order chi connectivity index (χ1) is 9.16. The van der Waals surface area contributed by atoms with Gasteiger partial charge in [0.15, 0.2) is 5.78 Å². The fraction of sp³-hybridized carbons (Fsp3) is 0.188. The molecule has 0 saturated heterocycles. The summed E-state index contributed by atoms with van der Waals surface area (Å²) in [6, 6.07) is 16.5. The van der Waals surface area contributed by atoms with E-state index in [1.807, 2.05) is 30.3 Å². The number of rotatable bonds is 5. The smallest absolute Gasteiger partial charge is 0.179 e. The molecule has 2 aromatic carbocycles. The summed E-state index contributed by atoms with van der Waals surface area (Å²) in [5, 5.41) is 0. The number of ether oxygens (including phenoxy) is 1. The molecule has 0 saturated carbocycles. The van der Waals surface area contributed by atoms with Crippen molar-refractivity contribution in [1.29, 1.82) is 0 Å². The van der Waals surface area contributed by atoms with E-state index in [9.17, 15) is 4.79 Å². The van der Waals surface area contributed by atoms with E-state index in [1.54, 1.807) is 31.2 Å². The normalized spacial score (nSPS) is 11.3. The van der Waals surface area contributed by atoms with Crippen molar-refractivity contribution in [1.82, 2.24) is 0 Å². The minimum Gasteiger partial charge on any atom is -0.489 e. The average molecular weight is 292 g/mol. The molecule has 0 aromatic heterocycles. The average Bonchev–Trinajstić information content (AvgIpc) is 2.46. The Morgan fingerprint density at radius 2 is 1.70 bits per heavy atom. The Labute approximate surface area is 125 Å². The molecule has 0 spiro atoms. The summed E-state index contributed by atoms with van der Waals surface area (Å²) in [7, 11) is 0. The topological polar surface area (TPSA) is 52.3 Å². The molecule has 2 aromatic rings. The molecular weight excluding hydrogens is 274 g/mol. The number of Topliss-reactive ketones (excluding diaryl/α,β-unsaturated/α-hetero) is 1.